The lowest BCUT2D eigenvalue weighted by Gasteiger charge is -2.50. The molecule has 2 aliphatic rings. The van der Waals surface area contributed by atoms with Crippen LogP contribution >= 0.6 is 0 Å². The number of halogens is 2. The predicted octanol–water partition coefficient (Wildman–Crippen LogP) is 3.10. The number of rotatable bonds is 4. The van der Waals surface area contributed by atoms with Gasteiger partial charge >= 0.3 is 0 Å². The lowest BCUT2D eigenvalue weighted by atomic mass is 9.64. The Hall–Kier alpha value is -3.54. The van der Waals surface area contributed by atoms with Gasteiger partial charge in [0.2, 0.25) is 0 Å². The van der Waals surface area contributed by atoms with Crippen LogP contribution in [0.2, 0.25) is 0 Å². The van der Waals surface area contributed by atoms with E-state index in [2.05, 4.69) is 15.3 Å². The highest BCUT2D eigenvalue weighted by molar-refractivity contribution is 6.02. The van der Waals surface area contributed by atoms with Crippen molar-refractivity contribution in [3.63, 3.8) is 0 Å². The van der Waals surface area contributed by atoms with Crippen LogP contribution in [0, 0.1) is 24.2 Å². The van der Waals surface area contributed by atoms with E-state index in [1.54, 1.807) is 19.1 Å². The maximum atomic E-state index is 14.5. The number of aromatic nitrogens is 1. The summed E-state index contributed by atoms with van der Waals surface area (Å²) in [5.41, 5.74) is 5.61. The van der Waals surface area contributed by atoms with Gasteiger partial charge in [0.15, 0.2) is 5.54 Å². The van der Waals surface area contributed by atoms with E-state index in [-0.39, 0.29) is 11.7 Å². The Bertz CT molecular complexity index is 1060. The van der Waals surface area contributed by atoms with Crippen molar-refractivity contribution in [2.24, 2.45) is 16.6 Å². The van der Waals surface area contributed by atoms with E-state index in [0.717, 1.165) is 0 Å². The largest absolute Gasteiger partial charge is 0.462 e. The van der Waals surface area contributed by atoms with Crippen molar-refractivity contribution >= 4 is 17.6 Å². The number of hydrogen-bond acceptors (Lipinski definition) is 6. The summed E-state index contributed by atoms with van der Waals surface area (Å²) in [6.45, 7) is 1.72. The molecule has 7 nitrogen and oxygen atoms in total. The molecule has 2 heterocycles. The number of amidine groups is 1. The maximum absolute atomic E-state index is 14.5. The Morgan fingerprint density at radius 3 is 2.77 bits per heavy atom. The third-order valence-electron chi connectivity index (χ3n) is 5.73. The van der Waals surface area contributed by atoms with E-state index in [4.69, 9.17) is 15.7 Å². The zero-order valence-corrected chi connectivity index (χ0v) is 16.1. The van der Waals surface area contributed by atoms with E-state index >= 15 is 0 Å². The number of alkyl halides is 2. The zero-order chi connectivity index (χ0) is 21.5. The molecule has 1 aromatic heterocycles. The molecule has 2 aromatic rings. The van der Waals surface area contributed by atoms with Gasteiger partial charge in [0.1, 0.15) is 17.9 Å². The summed E-state index contributed by atoms with van der Waals surface area (Å²) >= 11 is 0. The lowest BCUT2D eigenvalue weighted by molar-refractivity contribution is -0.0939. The van der Waals surface area contributed by atoms with Crippen molar-refractivity contribution < 1.29 is 18.3 Å². The van der Waals surface area contributed by atoms with E-state index in [1.807, 2.05) is 6.07 Å². The number of carbonyl (C=O) groups is 1. The Morgan fingerprint density at radius 2 is 2.17 bits per heavy atom. The van der Waals surface area contributed by atoms with Crippen LogP contribution in [0.25, 0.3) is 0 Å². The minimum atomic E-state index is -2.79. The second-order valence-corrected chi connectivity index (χ2v) is 7.44. The SMILES string of the molecule is Cc1ccc(NC(=O)c2ccc(C#N)cn2)cc1C1(C(F)F)N=C(N)OC2CCC21. The van der Waals surface area contributed by atoms with Crippen LogP contribution in [0.5, 0.6) is 0 Å². The van der Waals surface area contributed by atoms with Crippen LogP contribution in [0.4, 0.5) is 14.5 Å². The number of nitrogens with one attached hydrogen (secondary N) is 1. The number of benzene rings is 1. The Morgan fingerprint density at radius 1 is 1.37 bits per heavy atom. The molecule has 4 rings (SSSR count). The number of pyridine rings is 1. The molecule has 0 saturated heterocycles. The highest BCUT2D eigenvalue weighted by atomic mass is 19.3. The number of nitrogens with two attached hydrogens (primary N) is 1. The molecule has 1 aromatic carbocycles. The first-order chi connectivity index (χ1) is 14.3. The first kappa shape index (κ1) is 19.8. The number of hydrogen-bond donors (Lipinski definition) is 2. The molecule has 1 aliphatic heterocycles. The predicted molar refractivity (Wildman–Crippen MR) is 105 cm³/mol. The summed E-state index contributed by atoms with van der Waals surface area (Å²) in [6.07, 6.45) is -0.696. The summed E-state index contributed by atoms with van der Waals surface area (Å²) in [7, 11) is 0. The van der Waals surface area contributed by atoms with Crippen LogP contribution in [-0.2, 0) is 10.3 Å². The fourth-order valence-corrected chi connectivity index (χ4v) is 4.07. The van der Waals surface area contributed by atoms with Gasteiger partial charge < -0.3 is 15.8 Å². The number of amides is 1. The molecule has 1 saturated carbocycles. The van der Waals surface area contributed by atoms with Crippen molar-refractivity contribution in [2.45, 2.75) is 37.8 Å². The molecule has 0 bridgehead atoms. The Balaban J connectivity index is 1.70. The Kier molecular flexibility index (Phi) is 4.86. The highest BCUT2D eigenvalue weighted by Gasteiger charge is 2.59. The fourth-order valence-electron chi connectivity index (χ4n) is 4.07. The quantitative estimate of drug-likeness (QED) is 0.803. The summed E-state index contributed by atoms with van der Waals surface area (Å²) in [5, 5.41) is 11.5. The van der Waals surface area contributed by atoms with Gasteiger partial charge in [0.25, 0.3) is 18.4 Å². The van der Waals surface area contributed by atoms with Crippen LogP contribution in [0.1, 0.15) is 40.0 Å². The number of aliphatic imine (C=N–C) groups is 1. The van der Waals surface area contributed by atoms with Crippen molar-refractivity contribution in [2.75, 3.05) is 5.32 Å². The minimum Gasteiger partial charge on any atom is -0.462 e. The molecular formula is C21H19F2N5O2. The first-order valence-corrected chi connectivity index (χ1v) is 9.44. The molecule has 3 unspecified atom stereocenters. The van der Waals surface area contributed by atoms with E-state index in [0.29, 0.717) is 35.2 Å². The van der Waals surface area contributed by atoms with Crippen molar-refractivity contribution in [1.29, 1.82) is 5.26 Å². The number of carbonyl (C=O) groups excluding carboxylic acids is 1. The molecule has 1 fully saturated rings. The van der Waals surface area contributed by atoms with Crippen LogP contribution in [0.3, 0.4) is 0 Å². The molecule has 1 aliphatic carbocycles. The minimum absolute atomic E-state index is 0.104. The zero-order valence-electron chi connectivity index (χ0n) is 16.1. The summed E-state index contributed by atoms with van der Waals surface area (Å²) < 4.78 is 34.3. The van der Waals surface area contributed by atoms with Gasteiger partial charge in [-0.05, 0) is 55.2 Å². The molecule has 30 heavy (non-hydrogen) atoms. The number of aryl methyl sites for hydroxylation is 1. The van der Waals surface area contributed by atoms with E-state index in [9.17, 15) is 13.6 Å². The highest BCUT2D eigenvalue weighted by Crippen LogP contribution is 2.53. The van der Waals surface area contributed by atoms with E-state index < -0.39 is 29.9 Å². The van der Waals surface area contributed by atoms with Crippen LogP contribution in [-0.4, -0.2) is 29.4 Å². The standard InChI is InChI=1S/C21H19F2N5O2/c1-11-2-4-13(27-18(29)16-6-3-12(9-24)10-26-16)8-15(11)21(19(22)23)14-5-7-17(14)30-20(25)28-21/h2-4,6,8,10,14,17,19H,5,7H2,1H3,(H2,25,28)(H,27,29). The fraction of sp³-hybridized carbons (Fsp3) is 0.333. The summed E-state index contributed by atoms with van der Waals surface area (Å²) in [4.78, 5) is 20.5. The van der Waals surface area contributed by atoms with Gasteiger partial charge in [0.05, 0.1) is 5.56 Å². The second-order valence-electron chi connectivity index (χ2n) is 7.44. The molecule has 0 radical (unpaired) electrons. The summed E-state index contributed by atoms with van der Waals surface area (Å²) in [5.74, 6) is -1.01. The topological polar surface area (TPSA) is 113 Å². The molecule has 154 valence electrons. The third-order valence-corrected chi connectivity index (χ3v) is 5.73. The number of nitrogens with zero attached hydrogens (tertiary/aromatic N) is 3. The molecule has 9 heteroatoms. The van der Waals surface area contributed by atoms with Crippen LogP contribution in [0.15, 0.2) is 41.5 Å². The molecule has 3 N–H and O–H groups in total. The monoisotopic (exact) mass is 411 g/mol. The van der Waals surface area contributed by atoms with Crippen molar-refractivity contribution in [3.8, 4) is 6.07 Å². The van der Waals surface area contributed by atoms with Crippen LogP contribution < -0.4 is 11.1 Å². The van der Waals surface area contributed by atoms with Gasteiger partial charge in [-0.15, -0.1) is 0 Å². The van der Waals surface area contributed by atoms with Gasteiger partial charge in [-0.25, -0.2) is 18.8 Å². The van der Waals surface area contributed by atoms with Gasteiger partial charge in [-0.1, -0.05) is 6.07 Å². The normalized spacial score (nSPS) is 24.7. The Labute approximate surface area is 171 Å². The average molecular weight is 411 g/mol. The first-order valence-electron chi connectivity index (χ1n) is 9.44. The summed E-state index contributed by atoms with van der Waals surface area (Å²) in [6, 6.07) is 9.39. The number of nitriles is 1. The average Bonchev–Trinajstić information content (AvgIpc) is 2.71. The number of anilines is 1. The second kappa shape index (κ2) is 7.37. The van der Waals surface area contributed by atoms with Gasteiger partial charge in [-0.3, -0.25) is 4.79 Å². The van der Waals surface area contributed by atoms with Gasteiger partial charge in [0, 0.05) is 17.8 Å². The van der Waals surface area contributed by atoms with E-state index in [1.165, 1.54) is 24.4 Å². The molecular weight excluding hydrogens is 392 g/mol. The lowest BCUT2D eigenvalue weighted by Crippen LogP contribution is -2.57. The molecule has 1 amide bonds. The maximum Gasteiger partial charge on any atom is 0.283 e. The number of fused-ring (bicyclic) bond motifs is 1. The third kappa shape index (κ3) is 3.14. The van der Waals surface area contributed by atoms with Gasteiger partial charge in [-0.2, -0.15) is 5.26 Å². The molecule has 3 atom stereocenters. The molecule has 0 spiro atoms. The smallest absolute Gasteiger partial charge is 0.283 e. The van der Waals surface area contributed by atoms with Crippen molar-refractivity contribution in [3.05, 3.63) is 58.9 Å². The van der Waals surface area contributed by atoms with Crippen molar-refractivity contribution in [1.82, 2.24) is 4.98 Å². The number of ether oxygens (including phenoxy) is 1.